The number of nitrogens with one attached hydrogen (secondary N) is 1. The van der Waals surface area contributed by atoms with Crippen molar-refractivity contribution in [2.45, 2.75) is 19.3 Å². The molecule has 1 saturated heterocycles. The van der Waals surface area contributed by atoms with Gasteiger partial charge in [0.25, 0.3) is 0 Å². The van der Waals surface area contributed by atoms with E-state index in [2.05, 4.69) is 5.32 Å². The zero-order valence-electron chi connectivity index (χ0n) is 10.3. The van der Waals surface area contributed by atoms with E-state index in [1.165, 1.54) is 0 Å². The molecule has 1 aromatic rings. The first-order valence-electron chi connectivity index (χ1n) is 6.33. The van der Waals surface area contributed by atoms with Gasteiger partial charge >= 0.3 is 0 Å². The summed E-state index contributed by atoms with van der Waals surface area (Å²) >= 11 is 0. The van der Waals surface area contributed by atoms with Crippen LogP contribution in [0.4, 0.5) is 5.69 Å². The summed E-state index contributed by atoms with van der Waals surface area (Å²) in [5, 5.41) is 2.31. The first-order chi connectivity index (χ1) is 9.08. The molecule has 0 aromatic heterocycles. The summed E-state index contributed by atoms with van der Waals surface area (Å²) in [5.41, 5.74) is 7.93. The van der Waals surface area contributed by atoms with Gasteiger partial charge in [-0.2, -0.15) is 0 Å². The Morgan fingerprint density at radius 3 is 2.63 bits per heavy atom. The van der Waals surface area contributed by atoms with Gasteiger partial charge in [0.2, 0.25) is 11.8 Å². The minimum atomic E-state index is -0.419. The average molecular weight is 258 g/mol. The van der Waals surface area contributed by atoms with Crippen LogP contribution in [0.5, 0.6) is 0 Å². The number of imide groups is 1. The van der Waals surface area contributed by atoms with Gasteiger partial charge in [0.1, 0.15) is 0 Å². The highest BCUT2D eigenvalue weighted by molar-refractivity contribution is 6.07. The molecule has 0 saturated carbocycles. The SMILES string of the molecule is Nc1cccc2c1CC(C1CCC(=O)NC1=O)C2=O. The van der Waals surface area contributed by atoms with Gasteiger partial charge in [0, 0.05) is 29.5 Å². The van der Waals surface area contributed by atoms with Crippen LogP contribution in [-0.2, 0) is 16.0 Å². The second kappa shape index (κ2) is 4.19. The van der Waals surface area contributed by atoms with Crippen molar-refractivity contribution in [2.24, 2.45) is 11.8 Å². The fourth-order valence-electron chi connectivity index (χ4n) is 2.99. The number of carbonyl (C=O) groups excluding carboxylic acids is 3. The summed E-state index contributed by atoms with van der Waals surface area (Å²) in [6.45, 7) is 0. The van der Waals surface area contributed by atoms with E-state index in [1.807, 2.05) is 0 Å². The molecule has 2 amide bonds. The Morgan fingerprint density at radius 1 is 1.16 bits per heavy atom. The van der Waals surface area contributed by atoms with Gasteiger partial charge in [-0.15, -0.1) is 0 Å². The summed E-state index contributed by atoms with van der Waals surface area (Å²) in [6, 6.07) is 5.26. The van der Waals surface area contributed by atoms with Gasteiger partial charge in [-0.25, -0.2) is 0 Å². The highest BCUT2D eigenvalue weighted by Gasteiger charge is 2.42. The topological polar surface area (TPSA) is 89.3 Å². The van der Waals surface area contributed by atoms with Crippen LogP contribution in [0.3, 0.4) is 0 Å². The molecule has 98 valence electrons. The molecule has 1 heterocycles. The molecule has 3 N–H and O–H groups in total. The van der Waals surface area contributed by atoms with Crippen molar-refractivity contribution in [3.05, 3.63) is 29.3 Å². The zero-order valence-corrected chi connectivity index (χ0v) is 10.3. The minimum Gasteiger partial charge on any atom is -0.398 e. The predicted molar refractivity (Wildman–Crippen MR) is 68.3 cm³/mol. The Hall–Kier alpha value is -2.17. The van der Waals surface area contributed by atoms with E-state index >= 15 is 0 Å². The van der Waals surface area contributed by atoms with Crippen molar-refractivity contribution in [3.8, 4) is 0 Å². The lowest BCUT2D eigenvalue weighted by Gasteiger charge is -2.24. The first-order valence-corrected chi connectivity index (χ1v) is 6.33. The molecular weight excluding hydrogens is 244 g/mol. The van der Waals surface area contributed by atoms with Gasteiger partial charge in [0.15, 0.2) is 5.78 Å². The maximum absolute atomic E-state index is 12.4. The van der Waals surface area contributed by atoms with Crippen molar-refractivity contribution in [3.63, 3.8) is 0 Å². The third-order valence-electron chi connectivity index (χ3n) is 4.01. The molecule has 0 radical (unpaired) electrons. The number of nitrogen functional groups attached to an aromatic ring is 1. The summed E-state index contributed by atoms with van der Waals surface area (Å²) < 4.78 is 0. The fraction of sp³-hybridized carbons (Fsp3) is 0.357. The number of nitrogens with two attached hydrogens (primary N) is 1. The largest absolute Gasteiger partial charge is 0.398 e. The van der Waals surface area contributed by atoms with Gasteiger partial charge in [0.05, 0.1) is 0 Å². The van der Waals surface area contributed by atoms with Gasteiger partial charge in [-0.1, -0.05) is 12.1 Å². The lowest BCUT2D eigenvalue weighted by atomic mass is 9.83. The van der Waals surface area contributed by atoms with Crippen LogP contribution in [0, 0.1) is 11.8 Å². The second-order valence-corrected chi connectivity index (χ2v) is 5.11. The second-order valence-electron chi connectivity index (χ2n) is 5.11. The molecule has 1 fully saturated rings. The minimum absolute atomic E-state index is 0.0307. The molecule has 0 bridgehead atoms. The Kier molecular flexibility index (Phi) is 2.62. The summed E-state index contributed by atoms with van der Waals surface area (Å²) in [4.78, 5) is 35.4. The fourth-order valence-corrected chi connectivity index (χ4v) is 2.99. The molecule has 3 rings (SSSR count). The first kappa shape index (κ1) is 11.9. The molecule has 19 heavy (non-hydrogen) atoms. The maximum atomic E-state index is 12.4. The predicted octanol–water partition coefficient (Wildman–Crippen LogP) is 0.677. The van der Waals surface area contributed by atoms with Crippen LogP contribution in [0.25, 0.3) is 0 Å². The third kappa shape index (κ3) is 1.82. The number of ketones is 1. The molecule has 2 aliphatic rings. The standard InChI is InChI=1S/C14H14N2O3/c15-11-3-1-2-7-9(11)6-10(13(7)18)8-4-5-12(17)16-14(8)19/h1-3,8,10H,4-6,15H2,(H,16,17,19). The Labute approximate surface area is 110 Å². The van der Waals surface area contributed by atoms with Crippen molar-refractivity contribution < 1.29 is 14.4 Å². The molecular formula is C14H14N2O3. The quantitative estimate of drug-likeness (QED) is 0.572. The monoisotopic (exact) mass is 258 g/mol. The summed E-state index contributed by atoms with van der Waals surface area (Å²) in [7, 11) is 0. The number of piperidine rings is 1. The lowest BCUT2D eigenvalue weighted by molar-refractivity contribution is -0.137. The summed E-state index contributed by atoms with van der Waals surface area (Å²) in [6.07, 6.45) is 1.23. The molecule has 0 spiro atoms. The zero-order chi connectivity index (χ0) is 13.6. The number of hydrogen-bond donors (Lipinski definition) is 2. The van der Waals surface area contributed by atoms with E-state index in [9.17, 15) is 14.4 Å². The van der Waals surface area contributed by atoms with Gasteiger partial charge in [-0.3, -0.25) is 19.7 Å². The number of anilines is 1. The van der Waals surface area contributed by atoms with Crippen molar-refractivity contribution in [2.75, 3.05) is 5.73 Å². The van der Waals surface area contributed by atoms with Crippen LogP contribution in [-0.4, -0.2) is 17.6 Å². The third-order valence-corrected chi connectivity index (χ3v) is 4.01. The highest BCUT2D eigenvalue weighted by Crippen LogP contribution is 2.37. The van der Waals surface area contributed by atoms with E-state index in [0.717, 1.165) is 5.56 Å². The number of amides is 2. The lowest BCUT2D eigenvalue weighted by Crippen LogP contribution is -2.44. The van der Waals surface area contributed by atoms with E-state index in [-0.39, 0.29) is 23.5 Å². The van der Waals surface area contributed by atoms with Crippen LogP contribution in [0.2, 0.25) is 0 Å². The van der Waals surface area contributed by atoms with E-state index in [4.69, 9.17) is 5.73 Å². The maximum Gasteiger partial charge on any atom is 0.230 e. The Morgan fingerprint density at radius 2 is 1.95 bits per heavy atom. The molecule has 5 heteroatoms. The molecule has 2 unspecified atom stereocenters. The number of Topliss-reactive ketones (excluding diaryl/α,β-unsaturated/α-hetero) is 1. The number of rotatable bonds is 1. The molecule has 1 aliphatic heterocycles. The van der Waals surface area contributed by atoms with Crippen molar-refractivity contribution in [1.82, 2.24) is 5.32 Å². The van der Waals surface area contributed by atoms with E-state index in [0.29, 0.717) is 30.5 Å². The van der Waals surface area contributed by atoms with Crippen LogP contribution in [0.15, 0.2) is 18.2 Å². The van der Waals surface area contributed by atoms with Crippen LogP contribution >= 0.6 is 0 Å². The van der Waals surface area contributed by atoms with Crippen molar-refractivity contribution in [1.29, 1.82) is 0 Å². The molecule has 1 aromatic carbocycles. The van der Waals surface area contributed by atoms with Crippen LogP contribution in [0.1, 0.15) is 28.8 Å². The number of carbonyl (C=O) groups is 3. The average Bonchev–Trinajstić information content (AvgIpc) is 2.69. The summed E-state index contributed by atoms with van der Waals surface area (Å²) in [5.74, 6) is -1.42. The normalized spacial score (nSPS) is 26.2. The van der Waals surface area contributed by atoms with Gasteiger partial charge in [-0.05, 0) is 24.5 Å². The number of hydrogen-bond acceptors (Lipinski definition) is 4. The number of fused-ring (bicyclic) bond motifs is 1. The van der Waals surface area contributed by atoms with Crippen LogP contribution < -0.4 is 11.1 Å². The van der Waals surface area contributed by atoms with E-state index < -0.39 is 5.92 Å². The molecule has 2 atom stereocenters. The van der Waals surface area contributed by atoms with Crippen molar-refractivity contribution >= 4 is 23.3 Å². The number of benzene rings is 1. The Bertz CT molecular complexity index is 594. The Balaban J connectivity index is 1.90. The highest BCUT2D eigenvalue weighted by atomic mass is 16.2. The molecule has 5 nitrogen and oxygen atoms in total. The van der Waals surface area contributed by atoms with E-state index in [1.54, 1.807) is 18.2 Å². The smallest absolute Gasteiger partial charge is 0.230 e. The van der Waals surface area contributed by atoms with Gasteiger partial charge < -0.3 is 5.73 Å². The molecule has 1 aliphatic carbocycles.